The first-order valence-corrected chi connectivity index (χ1v) is 7.22. The number of hydrogen-bond donors (Lipinski definition) is 0. The van der Waals surface area contributed by atoms with Crippen molar-refractivity contribution in [2.45, 2.75) is 13.5 Å². The summed E-state index contributed by atoms with van der Waals surface area (Å²) in [4.78, 5) is 22.0. The van der Waals surface area contributed by atoms with E-state index in [1.165, 1.54) is 18.2 Å². The maximum Gasteiger partial charge on any atom is 0.338 e. The first-order valence-electron chi connectivity index (χ1n) is 6.84. The number of nitro benzene ring substituents is 1. The maximum absolute atomic E-state index is 11.9. The normalized spacial score (nSPS) is 10.2. The third-order valence-electron chi connectivity index (χ3n) is 3.02. The van der Waals surface area contributed by atoms with Crippen LogP contribution >= 0.6 is 11.6 Å². The van der Waals surface area contributed by atoms with E-state index in [1.807, 2.05) is 0 Å². The van der Waals surface area contributed by atoms with E-state index in [1.54, 1.807) is 31.2 Å². The van der Waals surface area contributed by atoms with Gasteiger partial charge in [-0.1, -0.05) is 29.8 Å². The molecule has 2 rings (SSSR count). The van der Waals surface area contributed by atoms with Crippen LogP contribution in [0.1, 0.15) is 22.8 Å². The van der Waals surface area contributed by atoms with Crippen LogP contribution in [0.25, 0.3) is 0 Å². The van der Waals surface area contributed by atoms with Gasteiger partial charge >= 0.3 is 5.97 Å². The fourth-order valence-electron chi connectivity index (χ4n) is 1.93. The van der Waals surface area contributed by atoms with Gasteiger partial charge in [0.2, 0.25) is 0 Å². The topological polar surface area (TPSA) is 78.7 Å². The molecule has 0 atom stereocenters. The monoisotopic (exact) mass is 335 g/mol. The molecule has 0 spiro atoms. The number of carbonyl (C=O) groups is 1. The predicted molar refractivity (Wildman–Crippen MR) is 84.8 cm³/mol. The Hall–Kier alpha value is -2.60. The summed E-state index contributed by atoms with van der Waals surface area (Å²) in [5, 5.41) is 10.8. The third-order valence-corrected chi connectivity index (χ3v) is 3.32. The largest absolute Gasteiger partial charge is 0.487 e. The first-order chi connectivity index (χ1) is 11.0. The van der Waals surface area contributed by atoms with Crippen molar-refractivity contribution < 1.29 is 19.2 Å². The molecule has 2 aromatic rings. The lowest BCUT2D eigenvalue weighted by Gasteiger charge is -2.11. The highest BCUT2D eigenvalue weighted by molar-refractivity contribution is 6.32. The van der Waals surface area contributed by atoms with E-state index in [-0.39, 0.29) is 23.9 Å². The molecule has 0 aliphatic rings. The molecule has 0 saturated heterocycles. The zero-order chi connectivity index (χ0) is 16.8. The van der Waals surface area contributed by atoms with Gasteiger partial charge in [-0.3, -0.25) is 10.1 Å². The van der Waals surface area contributed by atoms with Gasteiger partial charge in [0.05, 0.1) is 22.1 Å². The second-order valence-corrected chi connectivity index (χ2v) is 4.95. The number of hydrogen-bond acceptors (Lipinski definition) is 5. The Morgan fingerprint density at radius 3 is 2.65 bits per heavy atom. The molecule has 0 unspecified atom stereocenters. The lowest BCUT2D eigenvalue weighted by Crippen LogP contribution is -2.09. The Labute approximate surface area is 137 Å². The average molecular weight is 336 g/mol. The zero-order valence-electron chi connectivity index (χ0n) is 12.3. The van der Waals surface area contributed by atoms with E-state index in [9.17, 15) is 14.9 Å². The van der Waals surface area contributed by atoms with Crippen LogP contribution in [0, 0.1) is 10.1 Å². The number of ether oxygens (including phenoxy) is 2. The molecule has 0 N–H and O–H groups in total. The summed E-state index contributed by atoms with van der Waals surface area (Å²) in [7, 11) is 0. The van der Waals surface area contributed by atoms with Crippen LogP contribution in [0.3, 0.4) is 0 Å². The second-order valence-electron chi connectivity index (χ2n) is 4.54. The molecule has 0 heterocycles. The quantitative estimate of drug-likeness (QED) is 0.453. The molecule has 120 valence electrons. The first kappa shape index (κ1) is 16.8. The molecule has 0 aliphatic carbocycles. The molecule has 7 heteroatoms. The van der Waals surface area contributed by atoms with Crippen LogP contribution in [-0.4, -0.2) is 17.5 Å². The Kier molecular flexibility index (Phi) is 5.54. The van der Waals surface area contributed by atoms with E-state index in [0.717, 1.165) is 0 Å². The molecule has 2 aromatic carbocycles. The van der Waals surface area contributed by atoms with Gasteiger partial charge in [0, 0.05) is 17.7 Å². The molecule has 23 heavy (non-hydrogen) atoms. The smallest absolute Gasteiger partial charge is 0.338 e. The van der Waals surface area contributed by atoms with Gasteiger partial charge in [-0.15, -0.1) is 0 Å². The van der Waals surface area contributed by atoms with Crippen molar-refractivity contribution in [2.75, 3.05) is 6.61 Å². The SMILES string of the molecule is CCOC(=O)c1ccccc1COc1ccc([N+](=O)[O-])cc1Cl. The second kappa shape index (κ2) is 7.60. The van der Waals surface area contributed by atoms with E-state index >= 15 is 0 Å². The van der Waals surface area contributed by atoms with Gasteiger partial charge in [-0.25, -0.2) is 4.79 Å². The lowest BCUT2D eigenvalue weighted by molar-refractivity contribution is -0.384. The summed E-state index contributed by atoms with van der Waals surface area (Å²) >= 11 is 5.97. The third kappa shape index (κ3) is 4.20. The summed E-state index contributed by atoms with van der Waals surface area (Å²) in [5.41, 5.74) is 0.932. The minimum atomic E-state index is -0.536. The van der Waals surface area contributed by atoms with E-state index in [4.69, 9.17) is 21.1 Å². The van der Waals surface area contributed by atoms with Crippen molar-refractivity contribution in [2.24, 2.45) is 0 Å². The fraction of sp³-hybridized carbons (Fsp3) is 0.188. The van der Waals surface area contributed by atoms with Gasteiger partial charge < -0.3 is 9.47 Å². The number of non-ortho nitro benzene ring substituents is 1. The molecule has 0 amide bonds. The Balaban J connectivity index is 2.15. The highest BCUT2D eigenvalue weighted by Gasteiger charge is 2.14. The number of carbonyl (C=O) groups excluding carboxylic acids is 1. The molecule has 0 aliphatic heterocycles. The Bertz CT molecular complexity index is 732. The highest BCUT2D eigenvalue weighted by Crippen LogP contribution is 2.29. The number of esters is 1. The molecule has 0 saturated carbocycles. The Morgan fingerprint density at radius 2 is 2.00 bits per heavy atom. The van der Waals surface area contributed by atoms with Crippen molar-refractivity contribution >= 4 is 23.3 Å². The van der Waals surface area contributed by atoms with Gasteiger partial charge in [0.15, 0.2) is 0 Å². The summed E-state index contributed by atoms with van der Waals surface area (Å²) in [6.07, 6.45) is 0. The fourth-order valence-corrected chi connectivity index (χ4v) is 2.16. The summed E-state index contributed by atoms with van der Waals surface area (Å²) in [5.74, 6) is -0.127. The number of nitrogens with zero attached hydrogens (tertiary/aromatic N) is 1. The number of nitro groups is 1. The van der Waals surface area contributed by atoms with Gasteiger partial charge in [0.1, 0.15) is 12.4 Å². The van der Waals surface area contributed by atoms with Crippen LogP contribution in [0.4, 0.5) is 5.69 Å². The van der Waals surface area contributed by atoms with Crippen LogP contribution in [-0.2, 0) is 11.3 Å². The van der Waals surface area contributed by atoms with Crippen molar-refractivity contribution in [1.82, 2.24) is 0 Å². The van der Waals surface area contributed by atoms with E-state index in [2.05, 4.69) is 0 Å². The van der Waals surface area contributed by atoms with Crippen LogP contribution in [0.15, 0.2) is 42.5 Å². The van der Waals surface area contributed by atoms with Gasteiger partial charge in [-0.05, 0) is 19.1 Å². The van der Waals surface area contributed by atoms with Crippen molar-refractivity contribution in [3.8, 4) is 5.75 Å². The minimum Gasteiger partial charge on any atom is -0.487 e. The molecule has 0 aromatic heterocycles. The van der Waals surface area contributed by atoms with E-state index < -0.39 is 10.9 Å². The zero-order valence-corrected chi connectivity index (χ0v) is 13.1. The minimum absolute atomic E-state index is 0.0898. The van der Waals surface area contributed by atoms with Crippen molar-refractivity contribution in [1.29, 1.82) is 0 Å². The standard InChI is InChI=1S/C16H14ClNO5/c1-2-22-16(19)13-6-4-3-5-11(13)10-23-15-8-7-12(18(20)21)9-14(15)17/h3-9H,2,10H2,1H3. The van der Waals surface area contributed by atoms with Crippen LogP contribution in [0.2, 0.25) is 5.02 Å². The molecule has 0 bridgehead atoms. The number of halogens is 1. The molecule has 6 nitrogen and oxygen atoms in total. The van der Waals surface area contributed by atoms with Gasteiger partial charge in [0.25, 0.3) is 5.69 Å². The van der Waals surface area contributed by atoms with Crippen molar-refractivity contribution in [3.05, 3.63) is 68.7 Å². The summed E-state index contributed by atoms with van der Waals surface area (Å²) < 4.78 is 10.6. The summed E-state index contributed by atoms with van der Waals surface area (Å²) in [6.45, 7) is 2.10. The maximum atomic E-state index is 11.9. The molecular weight excluding hydrogens is 322 g/mol. The Morgan fingerprint density at radius 1 is 1.26 bits per heavy atom. The van der Waals surface area contributed by atoms with Crippen LogP contribution in [0.5, 0.6) is 5.75 Å². The predicted octanol–water partition coefficient (Wildman–Crippen LogP) is 4.00. The summed E-state index contributed by atoms with van der Waals surface area (Å²) in [6, 6.07) is 10.8. The highest BCUT2D eigenvalue weighted by atomic mass is 35.5. The van der Waals surface area contributed by atoms with Gasteiger partial charge in [-0.2, -0.15) is 0 Å². The number of rotatable bonds is 6. The van der Waals surface area contributed by atoms with Crippen molar-refractivity contribution in [3.63, 3.8) is 0 Å². The van der Waals surface area contributed by atoms with E-state index in [0.29, 0.717) is 16.9 Å². The molecule has 0 fully saturated rings. The number of benzene rings is 2. The lowest BCUT2D eigenvalue weighted by atomic mass is 10.1. The van der Waals surface area contributed by atoms with Crippen LogP contribution < -0.4 is 4.74 Å². The molecule has 0 radical (unpaired) electrons. The molecular formula is C16H14ClNO5. The average Bonchev–Trinajstić information content (AvgIpc) is 2.54.